The number of aryl methyl sites for hydroxylation is 2. The Morgan fingerprint density at radius 1 is 0.865 bits per heavy atom. The number of hydrogen-bond acceptors (Lipinski definition) is 6. The van der Waals surface area contributed by atoms with Gasteiger partial charge < -0.3 is 14.2 Å². The SMILES string of the molecule is CCn1cc(O)n(CC(C)(C)CCS(=O)CCCS(=O)CCC(C)(C)Cn2c(S)cn(CC)c2=S)c1=O. The van der Waals surface area contributed by atoms with Gasteiger partial charge in [-0.05, 0) is 56.2 Å². The topological polar surface area (TPSA) is 91.2 Å². The van der Waals surface area contributed by atoms with Crippen LogP contribution in [0.15, 0.2) is 22.2 Å². The lowest BCUT2D eigenvalue weighted by Crippen LogP contribution is -2.30. The van der Waals surface area contributed by atoms with Crippen molar-refractivity contribution in [3.63, 3.8) is 0 Å². The van der Waals surface area contributed by atoms with E-state index in [9.17, 15) is 18.3 Å². The number of nitrogens with zero attached hydrogens (tertiary/aromatic N) is 4. The van der Waals surface area contributed by atoms with Crippen LogP contribution in [-0.4, -0.2) is 54.8 Å². The molecule has 12 heteroatoms. The van der Waals surface area contributed by atoms with E-state index in [-0.39, 0.29) is 22.4 Å². The Morgan fingerprint density at radius 3 is 1.78 bits per heavy atom. The minimum absolute atomic E-state index is 0.0414. The largest absolute Gasteiger partial charge is 0.493 e. The van der Waals surface area contributed by atoms with E-state index in [1.165, 1.54) is 15.3 Å². The molecule has 0 saturated carbocycles. The molecule has 0 saturated heterocycles. The Kier molecular flexibility index (Phi) is 12.0. The van der Waals surface area contributed by atoms with Gasteiger partial charge in [0.1, 0.15) is 0 Å². The van der Waals surface area contributed by atoms with Gasteiger partial charge in [-0.3, -0.25) is 17.6 Å². The average Bonchev–Trinajstić information content (AvgIpc) is 3.25. The molecule has 0 fully saturated rings. The zero-order valence-electron chi connectivity index (χ0n) is 23.1. The summed E-state index contributed by atoms with van der Waals surface area (Å²) in [7, 11) is -1.98. The van der Waals surface area contributed by atoms with Crippen LogP contribution in [0.3, 0.4) is 0 Å². The van der Waals surface area contributed by atoms with E-state index in [2.05, 4.69) is 33.4 Å². The smallest absolute Gasteiger partial charge is 0.331 e. The molecule has 2 aromatic rings. The van der Waals surface area contributed by atoms with Crippen molar-refractivity contribution in [2.45, 2.75) is 92.0 Å². The predicted octanol–water partition coefficient (Wildman–Crippen LogP) is 4.44. The van der Waals surface area contributed by atoms with E-state index in [0.717, 1.165) is 29.3 Å². The second kappa shape index (κ2) is 13.8. The quantitative estimate of drug-likeness (QED) is 0.222. The monoisotopic (exact) mass is 592 g/mol. The normalized spacial score (nSPS) is 14.2. The van der Waals surface area contributed by atoms with Gasteiger partial charge in [0, 0.05) is 77.0 Å². The van der Waals surface area contributed by atoms with E-state index in [0.29, 0.717) is 48.9 Å². The fraction of sp³-hybridized carbons (Fsp3) is 0.760. The summed E-state index contributed by atoms with van der Waals surface area (Å²) in [5, 5.41) is 10.9. The van der Waals surface area contributed by atoms with Crippen molar-refractivity contribution < 1.29 is 13.5 Å². The maximum absolute atomic E-state index is 12.6. The molecule has 0 bridgehead atoms. The Balaban J connectivity index is 1.74. The molecule has 0 aliphatic carbocycles. The summed E-state index contributed by atoms with van der Waals surface area (Å²) >= 11 is 10.1. The molecule has 2 heterocycles. The summed E-state index contributed by atoms with van der Waals surface area (Å²) in [6.07, 6.45) is 5.52. The molecule has 0 amide bonds. The van der Waals surface area contributed by atoms with Crippen molar-refractivity contribution in [1.82, 2.24) is 18.3 Å². The summed E-state index contributed by atoms with van der Waals surface area (Å²) in [4.78, 5) is 12.4. The highest BCUT2D eigenvalue weighted by Gasteiger charge is 2.24. The van der Waals surface area contributed by atoms with Crippen molar-refractivity contribution in [2.24, 2.45) is 10.8 Å². The second-order valence-electron chi connectivity index (χ2n) is 11.2. The van der Waals surface area contributed by atoms with Crippen LogP contribution < -0.4 is 5.69 Å². The Bertz CT molecular complexity index is 1110. The first-order chi connectivity index (χ1) is 17.2. The van der Waals surface area contributed by atoms with Crippen LogP contribution in [0.1, 0.15) is 60.8 Å². The highest BCUT2D eigenvalue weighted by atomic mass is 32.2. The first-order valence-electron chi connectivity index (χ1n) is 12.9. The number of hydrogen-bond donors (Lipinski definition) is 2. The minimum atomic E-state index is -1.01. The molecule has 2 atom stereocenters. The fourth-order valence-corrected chi connectivity index (χ4v) is 7.97. The van der Waals surface area contributed by atoms with Gasteiger partial charge in [0.2, 0.25) is 5.88 Å². The highest BCUT2D eigenvalue weighted by molar-refractivity contribution is 7.85. The van der Waals surface area contributed by atoms with Crippen molar-refractivity contribution >= 4 is 46.4 Å². The molecule has 0 radical (unpaired) electrons. The third kappa shape index (κ3) is 9.54. The Hall–Kier alpha value is -1.11. The van der Waals surface area contributed by atoms with E-state index in [4.69, 9.17) is 12.2 Å². The standard InChI is InChI=1S/C25H44N4O4S4/c1-7-26-16-20(30)28(22(26)31)18-24(3,4)10-14-36(32)12-9-13-37(33)15-11-25(5,6)19-29-21(34)17-27(8-2)23(29)35/h16-17,30,34H,7-15,18-19H2,1-6H3. The van der Waals surface area contributed by atoms with E-state index in [1.807, 2.05) is 36.1 Å². The zero-order valence-corrected chi connectivity index (χ0v) is 26.4. The fourth-order valence-electron chi connectivity index (χ4n) is 4.16. The molecule has 0 spiro atoms. The Morgan fingerprint density at radius 2 is 1.35 bits per heavy atom. The third-order valence-electron chi connectivity index (χ3n) is 6.66. The third-order valence-corrected chi connectivity index (χ3v) is 10.3. The lowest BCUT2D eigenvalue weighted by molar-refractivity contribution is 0.272. The second-order valence-corrected chi connectivity index (χ2v) is 15.4. The van der Waals surface area contributed by atoms with Crippen molar-refractivity contribution in [3.8, 4) is 5.88 Å². The number of thiol groups is 1. The van der Waals surface area contributed by atoms with Gasteiger partial charge in [-0.2, -0.15) is 0 Å². The zero-order chi connectivity index (χ0) is 28.0. The first kappa shape index (κ1) is 32.1. The van der Waals surface area contributed by atoms with Crippen molar-refractivity contribution in [2.75, 3.05) is 23.0 Å². The molecule has 2 aromatic heterocycles. The van der Waals surface area contributed by atoms with Gasteiger partial charge in [0.25, 0.3) is 0 Å². The summed E-state index contributed by atoms with van der Waals surface area (Å²) in [5.41, 5.74) is -0.596. The molecule has 1 N–H and O–H groups in total. The molecule has 0 aliphatic heterocycles. The Labute approximate surface area is 236 Å². The molecule has 37 heavy (non-hydrogen) atoms. The molecule has 8 nitrogen and oxygen atoms in total. The van der Waals surface area contributed by atoms with Crippen LogP contribution in [0.2, 0.25) is 0 Å². The molecule has 2 unspecified atom stereocenters. The molecule has 2 rings (SSSR count). The van der Waals surface area contributed by atoms with Crippen LogP contribution in [0, 0.1) is 15.6 Å². The van der Waals surface area contributed by atoms with Crippen LogP contribution in [0.5, 0.6) is 5.88 Å². The molecule has 0 aliphatic rings. The van der Waals surface area contributed by atoms with Gasteiger partial charge >= 0.3 is 5.69 Å². The van der Waals surface area contributed by atoms with E-state index < -0.39 is 21.6 Å². The van der Waals surface area contributed by atoms with Crippen LogP contribution in [0.25, 0.3) is 0 Å². The summed E-state index contributed by atoms with van der Waals surface area (Å²) in [5.74, 6) is 2.14. The molecule has 212 valence electrons. The van der Waals surface area contributed by atoms with Crippen LogP contribution in [0.4, 0.5) is 0 Å². The van der Waals surface area contributed by atoms with Crippen LogP contribution >= 0.6 is 24.8 Å². The molecule has 0 aromatic carbocycles. The van der Waals surface area contributed by atoms with Gasteiger partial charge in [-0.1, -0.05) is 27.7 Å². The summed E-state index contributed by atoms with van der Waals surface area (Å²) in [6, 6.07) is 0. The highest BCUT2D eigenvalue weighted by Crippen LogP contribution is 2.27. The minimum Gasteiger partial charge on any atom is -0.493 e. The van der Waals surface area contributed by atoms with Gasteiger partial charge in [0.15, 0.2) is 4.77 Å². The first-order valence-corrected chi connectivity index (χ1v) is 16.7. The van der Waals surface area contributed by atoms with E-state index >= 15 is 0 Å². The maximum Gasteiger partial charge on any atom is 0.331 e. The van der Waals surface area contributed by atoms with Crippen molar-refractivity contribution in [1.29, 1.82) is 0 Å². The van der Waals surface area contributed by atoms with Gasteiger partial charge in [0.05, 0.1) is 11.2 Å². The van der Waals surface area contributed by atoms with Gasteiger partial charge in [-0.15, -0.1) is 12.6 Å². The van der Waals surface area contributed by atoms with Crippen LogP contribution in [-0.2, 0) is 47.8 Å². The van der Waals surface area contributed by atoms with Crippen molar-refractivity contribution in [3.05, 3.63) is 27.6 Å². The number of aromatic nitrogens is 4. The predicted molar refractivity (Wildman–Crippen MR) is 159 cm³/mol. The molecular formula is C25H44N4O4S4. The maximum atomic E-state index is 12.6. The van der Waals surface area contributed by atoms with E-state index in [1.54, 1.807) is 0 Å². The lowest BCUT2D eigenvalue weighted by Gasteiger charge is -2.25. The van der Waals surface area contributed by atoms with Gasteiger partial charge in [-0.25, -0.2) is 4.79 Å². The summed E-state index contributed by atoms with van der Waals surface area (Å²) < 4.78 is 32.9. The average molecular weight is 593 g/mol. The lowest BCUT2D eigenvalue weighted by atomic mass is 9.90. The molecular weight excluding hydrogens is 549 g/mol. The number of imidazole rings is 2. The number of rotatable bonds is 16. The number of aromatic hydroxyl groups is 1. The summed E-state index contributed by atoms with van der Waals surface area (Å²) in [6.45, 7) is 14.6.